The molecule has 4 rings (SSSR count). The summed E-state index contributed by atoms with van der Waals surface area (Å²) in [5.74, 6) is -0.466. The van der Waals surface area contributed by atoms with Crippen LogP contribution in [0.15, 0.2) is 24.3 Å². The van der Waals surface area contributed by atoms with E-state index in [0.29, 0.717) is 26.1 Å². The van der Waals surface area contributed by atoms with Crippen molar-refractivity contribution in [1.29, 1.82) is 5.26 Å². The molecule has 3 saturated heterocycles. The molecule has 2 amide bonds. The number of hydrogen-bond acceptors (Lipinski definition) is 5. The fourth-order valence-corrected chi connectivity index (χ4v) is 5.01. The minimum absolute atomic E-state index is 0.0359. The Balaban J connectivity index is 1.39. The Morgan fingerprint density at radius 3 is 2.76 bits per heavy atom. The molecular formula is C21H26FN5O2. The Morgan fingerprint density at radius 1 is 1.38 bits per heavy atom. The third-order valence-electron chi connectivity index (χ3n) is 6.52. The lowest BCUT2D eigenvalue weighted by Crippen LogP contribution is -2.56. The van der Waals surface area contributed by atoms with E-state index in [0.717, 1.165) is 18.4 Å². The smallest absolute Gasteiger partial charge is 0.241 e. The lowest BCUT2D eigenvalue weighted by atomic mass is 10.1. The van der Waals surface area contributed by atoms with Crippen molar-refractivity contribution in [1.82, 2.24) is 14.7 Å². The number of amides is 2. The molecule has 3 heterocycles. The second-order valence-corrected chi connectivity index (χ2v) is 8.26. The van der Waals surface area contributed by atoms with E-state index in [1.807, 2.05) is 16.7 Å². The molecule has 8 heteroatoms. The topological polar surface area (TPSA) is 93.7 Å². The van der Waals surface area contributed by atoms with Crippen molar-refractivity contribution < 1.29 is 14.0 Å². The lowest BCUT2D eigenvalue weighted by molar-refractivity contribution is -0.140. The minimum Gasteiger partial charge on any atom is -0.330 e. The van der Waals surface area contributed by atoms with Gasteiger partial charge in [0.25, 0.3) is 0 Å². The first-order valence-electron chi connectivity index (χ1n) is 10.2. The number of benzene rings is 1. The van der Waals surface area contributed by atoms with Crippen LogP contribution in [0.3, 0.4) is 0 Å². The van der Waals surface area contributed by atoms with Crippen LogP contribution in [0, 0.1) is 17.1 Å². The van der Waals surface area contributed by atoms with Crippen LogP contribution in [0.2, 0.25) is 0 Å². The van der Waals surface area contributed by atoms with Crippen molar-refractivity contribution in [3.63, 3.8) is 0 Å². The molecule has 0 aliphatic carbocycles. The molecule has 3 aliphatic heterocycles. The summed E-state index contributed by atoms with van der Waals surface area (Å²) in [6, 6.07) is 6.96. The summed E-state index contributed by atoms with van der Waals surface area (Å²) in [4.78, 5) is 31.1. The number of hydrogen-bond donors (Lipinski definition) is 1. The minimum atomic E-state index is -0.737. The Morgan fingerprint density at radius 2 is 2.10 bits per heavy atom. The monoisotopic (exact) mass is 399 g/mol. The molecule has 29 heavy (non-hydrogen) atoms. The van der Waals surface area contributed by atoms with Crippen LogP contribution in [0.5, 0.6) is 0 Å². The number of fused-ring (bicyclic) bond motifs is 2. The van der Waals surface area contributed by atoms with Crippen molar-refractivity contribution in [2.75, 3.05) is 19.6 Å². The molecule has 3 aliphatic rings. The van der Waals surface area contributed by atoms with Gasteiger partial charge in [0.2, 0.25) is 11.8 Å². The van der Waals surface area contributed by atoms with E-state index in [9.17, 15) is 19.2 Å². The molecule has 3 fully saturated rings. The second-order valence-electron chi connectivity index (χ2n) is 8.26. The van der Waals surface area contributed by atoms with Gasteiger partial charge in [0, 0.05) is 25.7 Å². The highest BCUT2D eigenvalue weighted by Gasteiger charge is 2.51. The van der Waals surface area contributed by atoms with E-state index in [-0.39, 0.29) is 35.8 Å². The number of carbonyl (C=O) groups excluding carboxylic acids is 2. The lowest BCUT2D eigenvalue weighted by Gasteiger charge is -2.38. The van der Waals surface area contributed by atoms with Crippen LogP contribution in [0.1, 0.15) is 37.8 Å². The summed E-state index contributed by atoms with van der Waals surface area (Å²) in [5, 5.41) is 9.20. The van der Waals surface area contributed by atoms with E-state index in [1.165, 1.54) is 12.1 Å². The SMILES string of the molecule is C[C@H](c1ccc(F)cc1)N1C(=O)[C@@H]2CC1CN2C[C@H](N)C(=O)N1CCC[C@H]1C#N. The Hall–Kier alpha value is -2.50. The van der Waals surface area contributed by atoms with Crippen molar-refractivity contribution in [3.8, 4) is 6.07 Å². The fraction of sp³-hybridized carbons (Fsp3) is 0.571. The molecular weight excluding hydrogens is 373 g/mol. The van der Waals surface area contributed by atoms with Gasteiger partial charge in [-0.1, -0.05) is 12.1 Å². The van der Waals surface area contributed by atoms with Gasteiger partial charge >= 0.3 is 0 Å². The number of piperazine rings is 1. The fourth-order valence-electron chi connectivity index (χ4n) is 5.01. The Bertz CT molecular complexity index is 838. The largest absolute Gasteiger partial charge is 0.330 e. The maximum Gasteiger partial charge on any atom is 0.241 e. The van der Waals surface area contributed by atoms with Gasteiger partial charge in [0.15, 0.2) is 0 Å². The van der Waals surface area contributed by atoms with Gasteiger partial charge < -0.3 is 15.5 Å². The molecule has 0 saturated carbocycles. The molecule has 1 aromatic rings. The van der Waals surface area contributed by atoms with E-state index >= 15 is 0 Å². The summed E-state index contributed by atoms with van der Waals surface area (Å²) >= 11 is 0. The molecule has 1 aromatic carbocycles. The van der Waals surface area contributed by atoms with Gasteiger partial charge in [-0.15, -0.1) is 0 Å². The first kappa shape index (κ1) is 19.8. The summed E-state index contributed by atoms with van der Waals surface area (Å²) in [7, 11) is 0. The highest BCUT2D eigenvalue weighted by molar-refractivity contribution is 5.87. The summed E-state index contributed by atoms with van der Waals surface area (Å²) in [5.41, 5.74) is 7.07. The normalized spacial score (nSPS) is 28.6. The zero-order chi connectivity index (χ0) is 20.7. The van der Waals surface area contributed by atoms with E-state index in [1.54, 1.807) is 17.0 Å². The Kier molecular flexibility index (Phi) is 5.28. The quantitative estimate of drug-likeness (QED) is 0.798. The van der Waals surface area contributed by atoms with E-state index in [4.69, 9.17) is 5.73 Å². The first-order chi connectivity index (χ1) is 13.9. The first-order valence-corrected chi connectivity index (χ1v) is 10.2. The van der Waals surface area contributed by atoms with Gasteiger partial charge in [-0.05, 0) is 43.9 Å². The molecule has 1 unspecified atom stereocenters. The maximum absolute atomic E-state index is 13.2. The van der Waals surface area contributed by atoms with Crippen LogP contribution >= 0.6 is 0 Å². The maximum atomic E-state index is 13.2. The number of nitrogens with zero attached hydrogens (tertiary/aromatic N) is 4. The molecule has 2 N–H and O–H groups in total. The van der Waals surface area contributed by atoms with Crippen molar-refractivity contribution in [3.05, 3.63) is 35.6 Å². The van der Waals surface area contributed by atoms with E-state index in [2.05, 4.69) is 6.07 Å². The molecule has 2 bridgehead atoms. The third-order valence-corrected chi connectivity index (χ3v) is 6.52. The predicted octanol–water partition coefficient (Wildman–Crippen LogP) is 1.01. The number of halogens is 1. The van der Waals surface area contributed by atoms with Gasteiger partial charge in [-0.2, -0.15) is 5.26 Å². The van der Waals surface area contributed by atoms with Crippen molar-refractivity contribution >= 4 is 11.8 Å². The van der Waals surface area contributed by atoms with Crippen molar-refractivity contribution in [2.45, 2.75) is 56.4 Å². The van der Waals surface area contributed by atoms with Crippen LogP contribution < -0.4 is 5.73 Å². The standard InChI is InChI=1S/C21H26FN5O2/c1-13(14-4-6-15(22)7-5-14)27-17-9-19(21(27)29)25(11-17)12-18(24)20(28)26-8-2-3-16(26)10-23/h4-7,13,16-19H,2-3,8-9,11-12,24H2,1H3/t13-,16+,17?,18+,19+/m1/s1. The number of likely N-dealkylation sites (tertiary alicyclic amines) is 3. The molecule has 0 spiro atoms. The Labute approximate surface area is 169 Å². The molecule has 0 aromatic heterocycles. The van der Waals surface area contributed by atoms with Crippen LogP contribution in [-0.4, -0.2) is 70.3 Å². The van der Waals surface area contributed by atoms with Crippen molar-refractivity contribution in [2.24, 2.45) is 5.73 Å². The van der Waals surface area contributed by atoms with Gasteiger partial charge in [0.05, 0.1) is 24.2 Å². The highest BCUT2D eigenvalue weighted by atomic mass is 19.1. The second kappa shape index (κ2) is 7.73. The van der Waals surface area contributed by atoms with Crippen LogP contribution in [0.4, 0.5) is 4.39 Å². The number of nitriles is 1. The average molecular weight is 399 g/mol. The highest BCUT2D eigenvalue weighted by Crippen LogP contribution is 2.38. The molecule has 0 radical (unpaired) electrons. The number of nitrogens with two attached hydrogens (primary N) is 1. The van der Waals surface area contributed by atoms with Gasteiger partial charge in [-0.3, -0.25) is 14.5 Å². The zero-order valence-electron chi connectivity index (χ0n) is 16.5. The molecule has 5 atom stereocenters. The predicted molar refractivity (Wildman–Crippen MR) is 104 cm³/mol. The summed E-state index contributed by atoms with van der Waals surface area (Å²) < 4.78 is 13.2. The summed E-state index contributed by atoms with van der Waals surface area (Å²) in [6.07, 6.45) is 2.23. The van der Waals surface area contributed by atoms with Gasteiger partial charge in [-0.25, -0.2) is 4.39 Å². The van der Waals surface area contributed by atoms with Crippen LogP contribution in [0.25, 0.3) is 0 Å². The average Bonchev–Trinajstić information content (AvgIpc) is 3.41. The third kappa shape index (κ3) is 3.49. The summed E-state index contributed by atoms with van der Waals surface area (Å²) in [6.45, 7) is 3.52. The number of carbonyl (C=O) groups is 2. The molecule has 154 valence electrons. The van der Waals surface area contributed by atoms with E-state index < -0.39 is 12.1 Å². The zero-order valence-corrected chi connectivity index (χ0v) is 16.5. The van der Waals surface area contributed by atoms with Gasteiger partial charge in [0.1, 0.15) is 11.9 Å². The number of rotatable bonds is 5. The van der Waals surface area contributed by atoms with Crippen LogP contribution in [-0.2, 0) is 9.59 Å². The molecule has 7 nitrogen and oxygen atoms in total.